The van der Waals surface area contributed by atoms with Crippen LogP contribution in [0.5, 0.6) is 5.88 Å². The van der Waals surface area contributed by atoms with Crippen molar-refractivity contribution in [3.05, 3.63) is 72.9 Å². The fraction of sp³-hybridized carbons (Fsp3) is 0.0455. The number of fused-ring (bicyclic) bond motifs is 2. The molecule has 0 spiro atoms. The van der Waals surface area contributed by atoms with E-state index >= 15 is 0 Å². The van der Waals surface area contributed by atoms with Crippen LogP contribution in [0.3, 0.4) is 0 Å². The highest BCUT2D eigenvalue weighted by Crippen LogP contribution is 2.32. The first-order valence-corrected chi connectivity index (χ1v) is 9.21. The highest BCUT2D eigenvalue weighted by atomic mass is 16.5. The predicted molar refractivity (Wildman–Crippen MR) is 113 cm³/mol. The van der Waals surface area contributed by atoms with Crippen LogP contribution in [0.2, 0.25) is 0 Å². The van der Waals surface area contributed by atoms with Crippen LogP contribution in [0.4, 0.5) is 5.82 Å². The van der Waals surface area contributed by atoms with Gasteiger partial charge in [-0.1, -0.05) is 6.07 Å². The number of pyridine rings is 2. The first-order chi connectivity index (χ1) is 14.7. The SMILES string of the molecule is COc1ncnc2ccc(-c3c[nH]c4nc(NC(=O)c5ccncc5)ccc34)cc12. The summed E-state index contributed by atoms with van der Waals surface area (Å²) in [7, 11) is 1.59. The molecule has 146 valence electrons. The predicted octanol–water partition coefficient (Wildman–Crippen LogP) is 3.83. The van der Waals surface area contributed by atoms with Crippen LogP contribution < -0.4 is 10.1 Å². The van der Waals surface area contributed by atoms with Gasteiger partial charge >= 0.3 is 0 Å². The summed E-state index contributed by atoms with van der Waals surface area (Å²) in [6.07, 6.45) is 6.53. The number of nitrogens with zero attached hydrogens (tertiary/aromatic N) is 4. The number of amides is 1. The van der Waals surface area contributed by atoms with E-state index in [9.17, 15) is 4.79 Å². The maximum atomic E-state index is 12.3. The summed E-state index contributed by atoms with van der Waals surface area (Å²) < 4.78 is 5.36. The molecule has 1 aromatic carbocycles. The fourth-order valence-electron chi connectivity index (χ4n) is 3.37. The van der Waals surface area contributed by atoms with E-state index in [2.05, 4.69) is 30.2 Å². The number of nitrogens with one attached hydrogen (secondary N) is 2. The highest BCUT2D eigenvalue weighted by molar-refractivity contribution is 6.04. The van der Waals surface area contributed by atoms with Crippen LogP contribution in [0, 0.1) is 0 Å². The number of aromatic nitrogens is 5. The molecule has 0 fully saturated rings. The molecule has 0 aliphatic heterocycles. The Morgan fingerprint density at radius 3 is 2.73 bits per heavy atom. The fourth-order valence-corrected chi connectivity index (χ4v) is 3.37. The third kappa shape index (κ3) is 3.10. The van der Waals surface area contributed by atoms with Gasteiger partial charge in [0.15, 0.2) is 0 Å². The molecular formula is C22H16N6O2. The van der Waals surface area contributed by atoms with Crippen molar-refractivity contribution in [1.82, 2.24) is 24.9 Å². The molecule has 5 aromatic rings. The third-order valence-electron chi connectivity index (χ3n) is 4.83. The van der Waals surface area contributed by atoms with Crippen molar-refractivity contribution in [2.75, 3.05) is 12.4 Å². The van der Waals surface area contributed by atoms with E-state index in [1.807, 2.05) is 30.5 Å². The molecule has 0 aliphatic rings. The van der Waals surface area contributed by atoms with E-state index in [4.69, 9.17) is 4.74 Å². The van der Waals surface area contributed by atoms with Crippen molar-refractivity contribution in [2.24, 2.45) is 0 Å². The average molecular weight is 396 g/mol. The van der Waals surface area contributed by atoms with E-state index in [0.29, 0.717) is 22.9 Å². The number of carbonyl (C=O) groups is 1. The quantitative estimate of drug-likeness (QED) is 0.478. The number of benzene rings is 1. The molecule has 0 saturated carbocycles. The molecule has 0 aliphatic carbocycles. The first kappa shape index (κ1) is 17.7. The zero-order valence-corrected chi connectivity index (χ0v) is 16.0. The van der Waals surface area contributed by atoms with Crippen LogP contribution in [-0.2, 0) is 0 Å². The number of carbonyl (C=O) groups excluding carboxylic acids is 1. The van der Waals surface area contributed by atoms with Gasteiger partial charge < -0.3 is 15.0 Å². The Kier molecular flexibility index (Phi) is 4.29. The van der Waals surface area contributed by atoms with Gasteiger partial charge in [-0.15, -0.1) is 0 Å². The first-order valence-electron chi connectivity index (χ1n) is 9.21. The molecule has 4 heterocycles. The summed E-state index contributed by atoms with van der Waals surface area (Å²) in [5.41, 5.74) is 3.97. The Balaban J connectivity index is 1.50. The zero-order chi connectivity index (χ0) is 20.5. The smallest absolute Gasteiger partial charge is 0.256 e. The van der Waals surface area contributed by atoms with Gasteiger partial charge in [-0.25, -0.2) is 15.0 Å². The molecule has 8 heteroatoms. The van der Waals surface area contributed by atoms with Gasteiger partial charge in [0.05, 0.1) is 18.0 Å². The van der Waals surface area contributed by atoms with Crippen LogP contribution in [0.1, 0.15) is 10.4 Å². The van der Waals surface area contributed by atoms with Crippen molar-refractivity contribution >= 4 is 33.7 Å². The third-order valence-corrected chi connectivity index (χ3v) is 4.83. The molecule has 1 amide bonds. The van der Waals surface area contributed by atoms with Gasteiger partial charge in [0.2, 0.25) is 5.88 Å². The number of anilines is 1. The maximum Gasteiger partial charge on any atom is 0.256 e. The Hall–Kier alpha value is -4.33. The van der Waals surface area contributed by atoms with E-state index in [1.165, 1.54) is 6.33 Å². The number of aromatic amines is 1. The molecule has 0 unspecified atom stereocenters. The average Bonchev–Trinajstić information content (AvgIpc) is 3.22. The number of ether oxygens (including phenoxy) is 1. The van der Waals surface area contributed by atoms with Crippen molar-refractivity contribution in [3.8, 4) is 17.0 Å². The van der Waals surface area contributed by atoms with Gasteiger partial charge in [-0.3, -0.25) is 9.78 Å². The van der Waals surface area contributed by atoms with Crippen molar-refractivity contribution < 1.29 is 9.53 Å². The van der Waals surface area contributed by atoms with Crippen molar-refractivity contribution in [1.29, 1.82) is 0 Å². The molecule has 0 bridgehead atoms. The lowest BCUT2D eigenvalue weighted by Crippen LogP contribution is -2.12. The second-order valence-electron chi connectivity index (χ2n) is 6.60. The highest BCUT2D eigenvalue weighted by Gasteiger charge is 2.12. The number of methoxy groups -OCH3 is 1. The Labute approximate surface area is 171 Å². The number of H-pyrrole nitrogens is 1. The second-order valence-corrected chi connectivity index (χ2v) is 6.60. The van der Waals surface area contributed by atoms with Gasteiger partial charge in [0.1, 0.15) is 17.8 Å². The monoisotopic (exact) mass is 396 g/mol. The Morgan fingerprint density at radius 1 is 1.03 bits per heavy atom. The molecule has 0 saturated heterocycles. The van der Waals surface area contributed by atoms with Gasteiger partial charge in [0.25, 0.3) is 5.91 Å². The lowest BCUT2D eigenvalue weighted by Gasteiger charge is -2.06. The topological polar surface area (TPSA) is 106 Å². The maximum absolute atomic E-state index is 12.3. The Bertz CT molecular complexity index is 1380. The van der Waals surface area contributed by atoms with Gasteiger partial charge in [-0.05, 0) is 42.0 Å². The summed E-state index contributed by atoms with van der Waals surface area (Å²) in [4.78, 5) is 32.4. The van der Waals surface area contributed by atoms with Gasteiger partial charge in [-0.2, -0.15) is 0 Å². The lowest BCUT2D eigenvalue weighted by molar-refractivity contribution is 0.102. The lowest BCUT2D eigenvalue weighted by atomic mass is 10.0. The van der Waals surface area contributed by atoms with E-state index < -0.39 is 0 Å². The van der Waals surface area contributed by atoms with Gasteiger partial charge in [0, 0.05) is 35.1 Å². The summed E-state index contributed by atoms with van der Waals surface area (Å²) in [6, 6.07) is 12.9. The van der Waals surface area contributed by atoms with Crippen LogP contribution in [0.15, 0.2) is 67.4 Å². The minimum Gasteiger partial charge on any atom is -0.480 e. The van der Waals surface area contributed by atoms with E-state index in [1.54, 1.807) is 37.7 Å². The normalized spacial score (nSPS) is 11.0. The largest absolute Gasteiger partial charge is 0.480 e. The van der Waals surface area contributed by atoms with Crippen molar-refractivity contribution in [2.45, 2.75) is 0 Å². The zero-order valence-electron chi connectivity index (χ0n) is 16.0. The number of hydrogen-bond acceptors (Lipinski definition) is 6. The van der Waals surface area contributed by atoms with Crippen LogP contribution >= 0.6 is 0 Å². The molecule has 0 atom stereocenters. The minimum atomic E-state index is -0.238. The van der Waals surface area contributed by atoms with E-state index in [0.717, 1.165) is 27.4 Å². The molecule has 4 aromatic heterocycles. The molecular weight excluding hydrogens is 380 g/mol. The van der Waals surface area contributed by atoms with Crippen LogP contribution in [0.25, 0.3) is 33.1 Å². The standard InChI is InChI=1S/C22H16N6O2/c1-30-22-16-10-14(2-4-18(16)25-12-26-22)17-11-24-20-15(17)3-5-19(27-20)28-21(29)13-6-8-23-9-7-13/h2-12H,1H3,(H2,24,27,28,29). The molecule has 30 heavy (non-hydrogen) atoms. The molecule has 5 rings (SSSR count). The molecule has 8 nitrogen and oxygen atoms in total. The number of rotatable bonds is 4. The summed E-state index contributed by atoms with van der Waals surface area (Å²) in [6.45, 7) is 0. The summed E-state index contributed by atoms with van der Waals surface area (Å²) in [5.74, 6) is 0.755. The molecule has 2 N–H and O–H groups in total. The van der Waals surface area contributed by atoms with E-state index in [-0.39, 0.29) is 5.91 Å². The number of hydrogen-bond donors (Lipinski definition) is 2. The minimum absolute atomic E-state index is 0.238. The Morgan fingerprint density at radius 2 is 1.90 bits per heavy atom. The summed E-state index contributed by atoms with van der Waals surface area (Å²) >= 11 is 0. The summed E-state index contributed by atoms with van der Waals surface area (Å²) in [5, 5.41) is 4.58. The molecule has 0 radical (unpaired) electrons. The van der Waals surface area contributed by atoms with Crippen LogP contribution in [-0.4, -0.2) is 37.9 Å². The van der Waals surface area contributed by atoms with Crippen molar-refractivity contribution in [3.63, 3.8) is 0 Å². The second kappa shape index (κ2) is 7.25.